The van der Waals surface area contributed by atoms with Crippen molar-refractivity contribution in [3.8, 4) is 17.1 Å². The molecule has 134 valence electrons. The van der Waals surface area contributed by atoms with E-state index in [-0.39, 0.29) is 6.54 Å². The van der Waals surface area contributed by atoms with Gasteiger partial charge in [0.2, 0.25) is 11.7 Å². The van der Waals surface area contributed by atoms with Crippen LogP contribution in [-0.4, -0.2) is 37.0 Å². The van der Waals surface area contributed by atoms with Crippen LogP contribution >= 0.6 is 0 Å². The number of ether oxygens (including phenoxy) is 1. The zero-order valence-electron chi connectivity index (χ0n) is 14.4. The maximum Gasteiger partial charge on any atom is 0.250 e. The number of rotatable bonds is 5. The van der Waals surface area contributed by atoms with E-state index in [4.69, 9.17) is 9.26 Å². The molecule has 0 fully saturated rings. The van der Waals surface area contributed by atoms with E-state index in [1.807, 2.05) is 42.5 Å². The minimum Gasteiger partial charge on any atom is -0.493 e. The number of fused-ring (bicyclic) bond motifs is 1. The monoisotopic (exact) mass is 360 g/mol. The van der Waals surface area contributed by atoms with Crippen LogP contribution in [0.15, 0.2) is 53.1 Å². The highest BCUT2D eigenvalue weighted by Gasteiger charge is 2.14. The first-order valence-corrected chi connectivity index (χ1v) is 8.73. The van der Waals surface area contributed by atoms with Gasteiger partial charge in [-0.15, -0.1) is 10.2 Å². The summed E-state index contributed by atoms with van der Waals surface area (Å²) in [5.41, 5.74) is 3.28. The smallest absolute Gasteiger partial charge is 0.250 e. The van der Waals surface area contributed by atoms with E-state index in [1.54, 1.807) is 0 Å². The molecular formula is C19H16N6O2. The molecule has 0 atom stereocenters. The first-order valence-electron chi connectivity index (χ1n) is 8.73. The summed E-state index contributed by atoms with van der Waals surface area (Å²) in [5.74, 6) is 2.62. The predicted molar refractivity (Wildman–Crippen MR) is 95.1 cm³/mol. The molecule has 27 heavy (non-hydrogen) atoms. The van der Waals surface area contributed by atoms with Crippen LogP contribution in [0.5, 0.6) is 5.75 Å². The zero-order chi connectivity index (χ0) is 18.1. The molecule has 0 N–H and O–H groups in total. The number of tetrazole rings is 1. The number of aromatic nitrogens is 6. The third kappa shape index (κ3) is 3.29. The van der Waals surface area contributed by atoms with Crippen LogP contribution < -0.4 is 4.74 Å². The molecule has 1 aliphatic rings. The molecule has 0 amide bonds. The second-order valence-corrected chi connectivity index (χ2v) is 6.33. The first-order chi connectivity index (χ1) is 13.3. The molecule has 0 bridgehead atoms. The van der Waals surface area contributed by atoms with Crippen molar-refractivity contribution in [2.45, 2.75) is 19.4 Å². The van der Waals surface area contributed by atoms with E-state index in [0.717, 1.165) is 29.9 Å². The van der Waals surface area contributed by atoms with Gasteiger partial charge in [-0.05, 0) is 22.4 Å². The fourth-order valence-corrected chi connectivity index (χ4v) is 3.09. The summed E-state index contributed by atoms with van der Waals surface area (Å²) in [5, 5.41) is 16.5. The fourth-order valence-electron chi connectivity index (χ4n) is 3.09. The molecule has 4 aromatic rings. The van der Waals surface area contributed by atoms with E-state index in [0.29, 0.717) is 24.0 Å². The molecule has 0 spiro atoms. The number of hydrogen-bond donors (Lipinski definition) is 0. The Hall–Kier alpha value is -3.55. The molecule has 0 saturated heterocycles. The topological polar surface area (TPSA) is 91.8 Å². The third-order valence-corrected chi connectivity index (χ3v) is 4.39. The normalized spacial score (nSPS) is 12.7. The summed E-state index contributed by atoms with van der Waals surface area (Å²) < 4.78 is 10.9. The Bertz CT molecular complexity index is 1070. The molecule has 2 aromatic heterocycles. The molecule has 3 heterocycles. The lowest BCUT2D eigenvalue weighted by Crippen LogP contribution is -2.04. The van der Waals surface area contributed by atoms with E-state index >= 15 is 0 Å². The summed E-state index contributed by atoms with van der Waals surface area (Å²) in [6.07, 6.45) is 1.55. The van der Waals surface area contributed by atoms with Gasteiger partial charge >= 0.3 is 0 Å². The fraction of sp³-hybridized carbons (Fsp3) is 0.211. The Morgan fingerprint density at radius 3 is 2.93 bits per heavy atom. The Morgan fingerprint density at radius 2 is 2.00 bits per heavy atom. The summed E-state index contributed by atoms with van der Waals surface area (Å²) in [6, 6.07) is 15.9. The van der Waals surface area contributed by atoms with E-state index < -0.39 is 0 Å². The molecular weight excluding hydrogens is 344 g/mol. The van der Waals surface area contributed by atoms with E-state index in [1.165, 1.54) is 10.4 Å². The SMILES string of the molecule is c1ccc(-c2nnn(Cc3nc(Cc4ccc5c(c4)CCO5)no3)n2)cc1. The number of benzene rings is 2. The molecule has 2 aromatic carbocycles. The summed E-state index contributed by atoms with van der Waals surface area (Å²) >= 11 is 0. The van der Waals surface area contributed by atoms with Gasteiger partial charge in [0, 0.05) is 18.4 Å². The van der Waals surface area contributed by atoms with Crippen LogP contribution in [0, 0.1) is 0 Å². The van der Waals surface area contributed by atoms with Crippen molar-refractivity contribution in [1.82, 2.24) is 30.3 Å². The lowest BCUT2D eigenvalue weighted by atomic mass is 10.1. The summed E-state index contributed by atoms with van der Waals surface area (Å²) in [4.78, 5) is 5.89. The van der Waals surface area contributed by atoms with Crippen molar-refractivity contribution >= 4 is 0 Å². The van der Waals surface area contributed by atoms with Crippen LogP contribution in [-0.2, 0) is 19.4 Å². The van der Waals surface area contributed by atoms with Crippen LogP contribution in [0.25, 0.3) is 11.4 Å². The molecule has 5 rings (SSSR count). The largest absolute Gasteiger partial charge is 0.493 e. The van der Waals surface area contributed by atoms with Crippen molar-refractivity contribution in [2.75, 3.05) is 6.61 Å². The van der Waals surface area contributed by atoms with Crippen molar-refractivity contribution < 1.29 is 9.26 Å². The van der Waals surface area contributed by atoms with Crippen LogP contribution in [0.3, 0.4) is 0 Å². The van der Waals surface area contributed by atoms with Gasteiger partial charge in [-0.3, -0.25) is 0 Å². The molecule has 0 radical (unpaired) electrons. The predicted octanol–water partition coefficient (Wildman–Crippen LogP) is 2.30. The Morgan fingerprint density at radius 1 is 1.07 bits per heavy atom. The maximum atomic E-state index is 5.54. The van der Waals surface area contributed by atoms with Crippen molar-refractivity contribution in [2.24, 2.45) is 0 Å². The standard InChI is InChI=1S/C19H16N6O2/c1-2-4-14(5-3-1)19-21-24-25(22-19)12-18-20-17(23-27-18)11-13-6-7-16-15(10-13)8-9-26-16/h1-7,10H,8-9,11-12H2. The summed E-state index contributed by atoms with van der Waals surface area (Å²) in [6.45, 7) is 1.03. The highest BCUT2D eigenvalue weighted by Crippen LogP contribution is 2.26. The summed E-state index contributed by atoms with van der Waals surface area (Å²) in [7, 11) is 0. The number of nitrogens with zero attached hydrogens (tertiary/aromatic N) is 6. The van der Waals surface area contributed by atoms with Crippen molar-refractivity contribution in [3.05, 3.63) is 71.4 Å². The van der Waals surface area contributed by atoms with Crippen molar-refractivity contribution in [1.29, 1.82) is 0 Å². The molecule has 1 aliphatic heterocycles. The maximum absolute atomic E-state index is 5.54. The van der Waals surface area contributed by atoms with Crippen molar-refractivity contribution in [3.63, 3.8) is 0 Å². The highest BCUT2D eigenvalue weighted by molar-refractivity contribution is 5.52. The van der Waals surface area contributed by atoms with Gasteiger partial charge in [-0.2, -0.15) is 9.78 Å². The van der Waals surface area contributed by atoms with Gasteiger partial charge in [0.1, 0.15) is 12.3 Å². The molecule has 0 unspecified atom stereocenters. The van der Waals surface area contributed by atoms with E-state index in [2.05, 4.69) is 31.6 Å². The first kappa shape index (κ1) is 15.7. The zero-order valence-corrected chi connectivity index (χ0v) is 14.4. The minimum atomic E-state index is 0.283. The van der Waals surface area contributed by atoms with Crippen LogP contribution in [0.1, 0.15) is 22.8 Å². The Labute approximate surface area is 154 Å². The second-order valence-electron chi connectivity index (χ2n) is 6.33. The van der Waals surface area contributed by atoms with E-state index in [9.17, 15) is 0 Å². The Balaban J connectivity index is 1.28. The molecule has 0 aliphatic carbocycles. The Kier molecular flexibility index (Phi) is 3.86. The minimum absolute atomic E-state index is 0.283. The van der Waals surface area contributed by atoms with Crippen LogP contribution in [0.2, 0.25) is 0 Å². The molecule has 0 saturated carbocycles. The van der Waals surface area contributed by atoms with Gasteiger partial charge in [-0.1, -0.05) is 47.6 Å². The third-order valence-electron chi connectivity index (χ3n) is 4.39. The van der Waals surface area contributed by atoms with Gasteiger partial charge in [0.25, 0.3) is 0 Å². The average Bonchev–Trinajstić information content (AvgIpc) is 3.44. The molecule has 8 heteroatoms. The lowest BCUT2D eigenvalue weighted by molar-refractivity contribution is 0.353. The lowest BCUT2D eigenvalue weighted by Gasteiger charge is -2.01. The molecule has 8 nitrogen and oxygen atoms in total. The van der Waals surface area contributed by atoms with Crippen LogP contribution in [0.4, 0.5) is 0 Å². The van der Waals surface area contributed by atoms with Gasteiger partial charge in [-0.25, -0.2) is 0 Å². The second kappa shape index (κ2) is 6.64. The average molecular weight is 360 g/mol. The van der Waals surface area contributed by atoms with Gasteiger partial charge in [0.05, 0.1) is 6.61 Å². The van der Waals surface area contributed by atoms with Gasteiger partial charge in [0.15, 0.2) is 5.82 Å². The quantitative estimate of drug-likeness (QED) is 0.539. The van der Waals surface area contributed by atoms with Gasteiger partial charge < -0.3 is 9.26 Å². The highest BCUT2D eigenvalue weighted by atomic mass is 16.5. The number of hydrogen-bond acceptors (Lipinski definition) is 7.